The van der Waals surface area contributed by atoms with Gasteiger partial charge in [0.1, 0.15) is 12.4 Å². The molecular weight excluding hydrogens is 273 g/mol. The van der Waals surface area contributed by atoms with Gasteiger partial charge in [-0.05, 0) is 18.2 Å². The average molecular weight is 284 g/mol. The molecule has 0 atom stereocenters. The number of aliphatic hydroxyl groups is 1. The Morgan fingerprint density at radius 1 is 1.39 bits per heavy atom. The van der Waals surface area contributed by atoms with Crippen LogP contribution in [0.15, 0.2) is 23.1 Å². The molecule has 0 aromatic heterocycles. The Morgan fingerprint density at radius 2 is 2.00 bits per heavy atom. The number of nitrogen functional groups attached to an aromatic ring is 1. The topological polar surface area (TPSA) is 92.4 Å². The van der Waals surface area contributed by atoms with Gasteiger partial charge in [-0.1, -0.05) is 0 Å². The zero-order chi connectivity index (χ0) is 14.0. The Balaban J connectivity index is 2.90. The summed E-state index contributed by atoms with van der Waals surface area (Å²) in [5.41, 5.74) is 4.76. The summed E-state index contributed by atoms with van der Waals surface area (Å²) in [5.74, 6) is -4.38. The van der Waals surface area contributed by atoms with Crippen LogP contribution >= 0.6 is 0 Å². The van der Waals surface area contributed by atoms with Gasteiger partial charge in [-0.15, -0.1) is 0 Å². The van der Waals surface area contributed by atoms with Crippen molar-refractivity contribution in [2.24, 2.45) is 0 Å². The predicted molar refractivity (Wildman–Crippen MR) is 58.0 cm³/mol. The molecule has 0 bridgehead atoms. The molecule has 1 aromatic carbocycles. The number of nitrogens with two attached hydrogens (primary N) is 1. The average Bonchev–Trinajstić information content (AvgIpc) is 2.30. The summed E-state index contributed by atoms with van der Waals surface area (Å²) in [4.78, 5) is -0.435. The predicted octanol–water partition coefficient (Wildman–Crippen LogP) is 0.314. The molecule has 0 aliphatic heterocycles. The Hall–Kier alpha value is -1.32. The number of benzene rings is 1. The third-order valence-electron chi connectivity index (χ3n) is 2.03. The van der Waals surface area contributed by atoms with Crippen LogP contribution in [0.25, 0.3) is 0 Å². The summed E-state index contributed by atoms with van der Waals surface area (Å²) in [6.07, 6.45) is 0. The Morgan fingerprint density at radius 3 is 2.50 bits per heavy atom. The van der Waals surface area contributed by atoms with Crippen molar-refractivity contribution >= 4 is 15.7 Å². The van der Waals surface area contributed by atoms with E-state index in [0.29, 0.717) is 0 Å². The van der Waals surface area contributed by atoms with Crippen LogP contribution in [-0.4, -0.2) is 32.6 Å². The Kier molecular flexibility index (Phi) is 4.20. The molecule has 0 saturated carbocycles. The van der Waals surface area contributed by atoms with E-state index in [-0.39, 0.29) is 0 Å². The molecule has 102 valence electrons. The van der Waals surface area contributed by atoms with E-state index in [9.17, 15) is 21.6 Å². The first kappa shape index (κ1) is 14.7. The van der Waals surface area contributed by atoms with Crippen LogP contribution in [0, 0.1) is 5.82 Å². The van der Waals surface area contributed by atoms with Gasteiger partial charge in [-0.2, -0.15) is 0 Å². The Labute approximate surface area is 101 Å². The van der Waals surface area contributed by atoms with Gasteiger partial charge < -0.3 is 10.8 Å². The highest BCUT2D eigenvalue weighted by atomic mass is 32.2. The SMILES string of the molecule is Nc1cc(S(=O)(=O)NCC(F)(F)CO)ccc1F. The number of nitrogens with one attached hydrogen (secondary N) is 1. The summed E-state index contributed by atoms with van der Waals surface area (Å²) in [6.45, 7) is -2.75. The fourth-order valence-corrected chi connectivity index (χ4v) is 2.13. The number of hydrogen-bond acceptors (Lipinski definition) is 4. The molecule has 0 unspecified atom stereocenters. The fraction of sp³-hybridized carbons (Fsp3) is 0.333. The lowest BCUT2D eigenvalue weighted by molar-refractivity contribution is -0.0437. The third kappa shape index (κ3) is 3.59. The van der Waals surface area contributed by atoms with Crippen LogP contribution in [0.2, 0.25) is 0 Å². The van der Waals surface area contributed by atoms with E-state index >= 15 is 0 Å². The molecule has 0 amide bonds. The molecule has 0 aliphatic rings. The van der Waals surface area contributed by atoms with E-state index in [1.807, 2.05) is 0 Å². The maximum absolute atomic E-state index is 12.8. The third-order valence-corrected chi connectivity index (χ3v) is 3.43. The van der Waals surface area contributed by atoms with Gasteiger partial charge in [0.25, 0.3) is 5.92 Å². The number of aliphatic hydroxyl groups excluding tert-OH is 1. The fourth-order valence-electron chi connectivity index (χ4n) is 1.03. The minimum absolute atomic E-state index is 0.410. The summed E-state index contributed by atoms with van der Waals surface area (Å²) in [7, 11) is -4.23. The van der Waals surface area contributed by atoms with Gasteiger partial charge in [-0.3, -0.25) is 0 Å². The van der Waals surface area contributed by atoms with Crippen LogP contribution in [0.3, 0.4) is 0 Å². The lowest BCUT2D eigenvalue weighted by atomic mass is 10.3. The normalized spacial score (nSPS) is 12.7. The molecule has 18 heavy (non-hydrogen) atoms. The first-order valence-electron chi connectivity index (χ1n) is 4.71. The lowest BCUT2D eigenvalue weighted by Crippen LogP contribution is -2.38. The number of halogens is 3. The van der Waals surface area contributed by atoms with Crippen molar-refractivity contribution in [2.75, 3.05) is 18.9 Å². The van der Waals surface area contributed by atoms with Gasteiger partial charge in [0.15, 0.2) is 0 Å². The molecule has 5 nitrogen and oxygen atoms in total. The van der Waals surface area contributed by atoms with Gasteiger partial charge in [0.05, 0.1) is 17.1 Å². The lowest BCUT2D eigenvalue weighted by Gasteiger charge is -2.14. The van der Waals surface area contributed by atoms with Crippen molar-refractivity contribution in [2.45, 2.75) is 10.8 Å². The number of rotatable bonds is 5. The second kappa shape index (κ2) is 5.12. The number of sulfonamides is 1. The first-order valence-corrected chi connectivity index (χ1v) is 6.20. The molecule has 0 fully saturated rings. The number of hydrogen-bond donors (Lipinski definition) is 3. The van der Waals surface area contributed by atoms with E-state index in [0.717, 1.165) is 18.2 Å². The van der Waals surface area contributed by atoms with Gasteiger partial charge in [-0.25, -0.2) is 26.3 Å². The van der Waals surface area contributed by atoms with E-state index < -0.39 is 45.5 Å². The van der Waals surface area contributed by atoms with E-state index in [2.05, 4.69) is 0 Å². The van der Waals surface area contributed by atoms with Gasteiger partial charge >= 0.3 is 0 Å². The van der Waals surface area contributed by atoms with Crippen LogP contribution in [0.5, 0.6) is 0 Å². The van der Waals surface area contributed by atoms with Crippen LogP contribution < -0.4 is 10.5 Å². The largest absolute Gasteiger partial charge is 0.396 e. The van der Waals surface area contributed by atoms with Crippen LogP contribution in [0.4, 0.5) is 18.9 Å². The number of anilines is 1. The van der Waals surface area contributed by atoms with E-state index in [1.165, 1.54) is 0 Å². The molecular formula is C9H11F3N2O3S. The minimum Gasteiger partial charge on any atom is -0.396 e. The van der Waals surface area contributed by atoms with Crippen LogP contribution in [-0.2, 0) is 10.0 Å². The maximum atomic E-state index is 12.8. The van der Waals surface area contributed by atoms with Crippen molar-refractivity contribution in [3.63, 3.8) is 0 Å². The van der Waals surface area contributed by atoms with E-state index in [4.69, 9.17) is 10.8 Å². The molecule has 0 heterocycles. The van der Waals surface area contributed by atoms with Crippen molar-refractivity contribution in [1.29, 1.82) is 0 Å². The zero-order valence-electron chi connectivity index (χ0n) is 9.03. The highest BCUT2D eigenvalue weighted by Crippen LogP contribution is 2.17. The highest BCUT2D eigenvalue weighted by Gasteiger charge is 2.30. The smallest absolute Gasteiger partial charge is 0.283 e. The van der Waals surface area contributed by atoms with Crippen molar-refractivity contribution < 1.29 is 26.7 Å². The quantitative estimate of drug-likeness (QED) is 0.679. The van der Waals surface area contributed by atoms with Gasteiger partial charge in [0, 0.05) is 0 Å². The van der Waals surface area contributed by atoms with Crippen LogP contribution in [0.1, 0.15) is 0 Å². The summed E-state index contributed by atoms with van der Waals surface area (Å²) in [5, 5.41) is 8.29. The monoisotopic (exact) mass is 284 g/mol. The summed E-state index contributed by atoms with van der Waals surface area (Å²) < 4.78 is 62.9. The maximum Gasteiger partial charge on any atom is 0.283 e. The minimum atomic E-state index is -4.23. The summed E-state index contributed by atoms with van der Waals surface area (Å²) >= 11 is 0. The van der Waals surface area contributed by atoms with Crippen molar-refractivity contribution in [1.82, 2.24) is 4.72 Å². The molecule has 4 N–H and O–H groups in total. The molecule has 0 aliphatic carbocycles. The molecule has 9 heteroatoms. The second-order valence-corrected chi connectivity index (χ2v) is 5.29. The zero-order valence-corrected chi connectivity index (χ0v) is 9.85. The molecule has 0 spiro atoms. The highest BCUT2D eigenvalue weighted by molar-refractivity contribution is 7.89. The summed E-state index contributed by atoms with van der Waals surface area (Å²) in [6, 6.07) is 2.52. The van der Waals surface area contributed by atoms with E-state index in [1.54, 1.807) is 4.72 Å². The second-order valence-electron chi connectivity index (χ2n) is 3.52. The molecule has 0 saturated heterocycles. The van der Waals surface area contributed by atoms with Gasteiger partial charge in [0.2, 0.25) is 10.0 Å². The van der Waals surface area contributed by atoms with Crippen molar-refractivity contribution in [3.05, 3.63) is 24.0 Å². The number of alkyl halides is 2. The van der Waals surface area contributed by atoms with Crippen molar-refractivity contribution in [3.8, 4) is 0 Å². The molecule has 0 radical (unpaired) electrons. The molecule has 1 rings (SSSR count). The Bertz CT molecular complexity index is 534. The first-order chi connectivity index (χ1) is 8.18. The standard InChI is InChI=1S/C9H11F3N2O3S/c10-7-2-1-6(3-8(7)13)18(16,17)14-4-9(11,12)5-15/h1-3,14-15H,4-5,13H2. The molecule has 1 aromatic rings.